The predicted molar refractivity (Wildman–Crippen MR) is 163 cm³/mol. The lowest BCUT2D eigenvalue weighted by molar-refractivity contribution is -0.253. The van der Waals surface area contributed by atoms with Crippen LogP contribution in [0.25, 0.3) is 11.1 Å². The second kappa shape index (κ2) is 15.9. The Balaban J connectivity index is 1.27. The van der Waals surface area contributed by atoms with Crippen molar-refractivity contribution >= 4 is 11.8 Å². The summed E-state index contributed by atoms with van der Waals surface area (Å²) in [5.41, 5.74) is 7.43. The largest absolute Gasteiger partial charge is 0.392 e. The summed E-state index contributed by atoms with van der Waals surface area (Å²) < 4.78 is 18.6. The molecule has 2 aliphatic rings. The van der Waals surface area contributed by atoms with Gasteiger partial charge < -0.3 is 24.6 Å². The quantitative estimate of drug-likeness (QED) is 0.181. The summed E-state index contributed by atoms with van der Waals surface area (Å²) in [4.78, 5) is 25.9. The Hall–Kier alpha value is -3.64. The van der Waals surface area contributed by atoms with Crippen LogP contribution in [-0.2, 0) is 37.0 Å². The number of rotatable bonds is 12. The fourth-order valence-corrected chi connectivity index (χ4v) is 5.63. The van der Waals surface area contributed by atoms with Gasteiger partial charge in [-0.15, -0.1) is 0 Å². The highest BCUT2D eigenvalue weighted by Crippen LogP contribution is 2.39. The number of hydrogen-bond donors (Lipinski definition) is 4. The van der Waals surface area contributed by atoms with Crippen LogP contribution < -0.4 is 10.8 Å². The van der Waals surface area contributed by atoms with Crippen molar-refractivity contribution in [3.8, 4) is 11.1 Å². The SMILES string of the molecule is O=C(CCCC(=O)NCc1ccccc1-c1ccc([C@@H]2O[C@H](CN3CCOCC3)C[C@H](c3ccc(CO)cc3)O2)cc1)NO. The smallest absolute Gasteiger partial charge is 0.243 e. The van der Waals surface area contributed by atoms with Crippen molar-refractivity contribution in [3.63, 3.8) is 0 Å². The maximum Gasteiger partial charge on any atom is 0.243 e. The molecule has 0 aromatic heterocycles. The van der Waals surface area contributed by atoms with Gasteiger partial charge in [-0.2, -0.15) is 0 Å². The molecule has 0 saturated carbocycles. The minimum absolute atomic E-state index is 0.00451. The summed E-state index contributed by atoms with van der Waals surface area (Å²) >= 11 is 0. The number of hydrogen-bond acceptors (Lipinski definition) is 8. The van der Waals surface area contributed by atoms with Gasteiger partial charge in [0.1, 0.15) is 0 Å². The summed E-state index contributed by atoms with van der Waals surface area (Å²) in [5, 5.41) is 21.0. The molecule has 3 aromatic rings. The van der Waals surface area contributed by atoms with Gasteiger partial charge in [0.05, 0.1) is 32.0 Å². The average Bonchev–Trinajstić information content (AvgIpc) is 3.08. The average molecular weight is 604 g/mol. The van der Waals surface area contributed by atoms with Crippen molar-refractivity contribution in [3.05, 3.63) is 95.1 Å². The minimum atomic E-state index is -0.534. The van der Waals surface area contributed by atoms with Crippen LogP contribution >= 0.6 is 0 Å². The molecule has 0 bridgehead atoms. The molecule has 0 unspecified atom stereocenters. The van der Waals surface area contributed by atoms with Gasteiger partial charge in [0.15, 0.2) is 6.29 Å². The van der Waals surface area contributed by atoms with E-state index in [0.717, 1.165) is 72.6 Å². The number of hydroxylamine groups is 1. The van der Waals surface area contributed by atoms with Crippen molar-refractivity contribution < 1.29 is 34.1 Å². The molecule has 10 heteroatoms. The number of benzene rings is 3. The number of aliphatic hydroxyl groups excluding tert-OH is 1. The van der Waals surface area contributed by atoms with Crippen molar-refractivity contribution in [2.24, 2.45) is 0 Å². The van der Waals surface area contributed by atoms with E-state index in [1.807, 2.05) is 72.8 Å². The number of morpholine rings is 1. The van der Waals surface area contributed by atoms with E-state index in [1.54, 1.807) is 5.48 Å². The van der Waals surface area contributed by atoms with E-state index in [4.69, 9.17) is 19.4 Å². The standard InChI is InChI=1S/C34H41N3O7/c38-23-24-8-10-26(11-9-24)31-20-29(22-37-16-18-42-19-17-37)43-34(44-31)27-14-12-25(13-15-27)30-5-2-1-4-28(30)21-35-32(39)6-3-7-33(40)36-41/h1-2,4-5,8-15,29,31,34,38,41H,3,6-7,16-23H2,(H,35,39)(H,36,40)/t29-,31+,34+/m0/s1. The van der Waals surface area contributed by atoms with Crippen molar-refractivity contribution in [2.45, 2.75) is 57.3 Å². The molecule has 4 N–H and O–H groups in total. The van der Waals surface area contributed by atoms with Gasteiger partial charge in [-0.25, -0.2) is 5.48 Å². The molecule has 0 spiro atoms. The Bertz CT molecular complexity index is 1360. The number of carbonyl (C=O) groups is 2. The van der Waals surface area contributed by atoms with E-state index in [0.29, 0.717) is 13.0 Å². The molecular formula is C34H41N3O7. The summed E-state index contributed by atoms with van der Waals surface area (Å²) in [6.07, 6.45) is 0.684. The number of nitrogens with one attached hydrogen (secondary N) is 2. The van der Waals surface area contributed by atoms with Crippen LogP contribution in [-0.4, -0.2) is 66.0 Å². The van der Waals surface area contributed by atoms with Crippen molar-refractivity contribution in [1.29, 1.82) is 0 Å². The molecule has 3 atom stereocenters. The fraction of sp³-hybridized carbons (Fsp3) is 0.412. The molecule has 234 valence electrons. The third-order valence-corrected chi connectivity index (χ3v) is 8.10. The second-order valence-corrected chi connectivity index (χ2v) is 11.2. The highest BCUT2D eigenvalue weighted by atomic mass is 16.7. The van der Waals surface area contributed by atoms with Gasteiger partial charge in [0.2, 0.25) is 11.8 Å². The van der Waals surface area contributed by atoms with Gasteiger partial charge in [0, 0.05) is 51.0 Å². The van der Waals surface area contributed by atoms with Crippen molar-refractivity contribution in [1.82, 2.24) is 15.7 Å². The van der Waals surface area contributed by atoms with Crippen LogP contribution in [0, 0.1) is 0 Å². The summed E-state index contributed by atoms with van der Waals surface area (Å²) in [7, 11) is 0. The molecule has 0 radical (unpaired) electrons. The number of aliphatic hydroxyl groups is 1. The Morgan fingerprint density at radius 1 is 0.864 bits per heavy atom. The zero-order valence-corrected chi connectivity index (χ0v) is 24.8. The first-order valence-corrected chi connectivity index (χ1v) is 15.2. The van der Waals surface area contributed by atoms with Gasteiger partial charge in [-0.3, -0.25) is 19.7 Å². The maximum atomic E-state index is 12.3. The lowest BCUT2D eigenvalue weighted by atomic mass is 9.97. The molecule has 2 fully saturated rings. The normalized spacial score (nSPS) is 20.6. The Morgan fingerprint density at radius 2 is 1.57 bits per heavy atom. The fourth-order valence-electron chi connectivity index (χ4n) is 5.63. The molecule has 2 heterocycles. The lowest BCUT2D eigenvalue weighted by Crippen LogP contribution is -2.44. The topological polar surface area (TPSA) is 130 Å². The number of amides is 2. The van der Waals surface area contributed by atoms with Gasteiger partial charge in [-0.1, -0.05) is 72.8 Å². The first-order chi connectivity index (χ1) is 21.5. The zero-order chi connectivity index (χ0) is 30.7. The van der Waals surface area contributed by atoms with Crippen molar-refractivity contribution in [2.75, 3.05) is 32.8 Å². The summed E-state index contributed by atoms with van der Waals surface area (Å²) in [6, 6.07) is 24.0. The summed E-state index contributed by atoms with van der Waals surface area (Å²) in [6.45, 7) is 4.40. The Kier molecular flexibility index (Phi) is 11.5. The van der Waals surface area contributed by atoms with Crippen LogP contribution in [0.1, 0.15) is 60.3 Å². The van der Waals surface area contributed by atoms with Crippen LogP contribution in [0.4, 0.5) is 0 Å². The molecule has 2 saturated heterocycles. The molecule has 10 nitrogen and oxygen atoms in total. The highest BCUT2D eigenvalue weighted by Gasteiger charge is 2.33. The van der Waals surface area contributed by atoms with Gasteiger partial charge >= 0.3 is 0 Å². The van der Waals surface area contributed by atoms with Crippen LogP contribution in [0.3, 0.4) is 0 Å². The third kappa shape index (κ3) is 8.72. The molecule has 2 aliphatic heterocycles. The molecule has 2 amide bonds. The minimum Gasteiger partial charge on any atom is -0.392 e. The van der Waals surface area contributed by atoms with E-state index in [2.05, 4.69) is 10.2 Å². The Labute approximate surface area is 257 Å². The van der Waals surface area contributed by atoms with Gasteiger partial charge in [-0.05, 0) is 34.2 Å². The van der Waals surface area contributed by atoms with Crippen LogP contribution in [0.5, 0.6) is 0 Å². The lowest BCUT2D eigenvalue weighted by Gasteiger charge is -2.39. The highest BCUT2D eigenvalue weighted by molar-refractivity contribution is 5.78. The van der Waals surface area contributed by atoms with E-state index in [-0.39, 0.29) is 37.6 Å². The number of carbonyl (C=O) groups excluding carboxylic acids is 2. The first-order valence-electron chi connectivity index (χ1n) is 15.2. The molecular weight excluding hydrogens is 562 g/mol. The number of nitrogens with zero attached hydrogens (tertiary/aromatic N) is 1. The van der Waals surface area contributed by atoms with E-state index >= 15 is 0 Å². The van der Waals surface area contributed by atoms with Crippen LogP contribution in [0.2, 0.25) is 0 Å². The van der Waals surface area contributed by atoms with Gasteiger partial charge in [0.25, 0.3) is 0 Å². The molecule has 5 rings (SSSR count). The zero-order valence-electron chi connectivity index (χ0n) is 24.8. The maximum absolute atomic E-state index is 12.3. The monoisotopic (exact) mass is 603 g/mol. The first kappa shape index (κ1) is 31.8. The molecule has 3 aromatic carbocycles. The van der Waals surface area contributed by atoms with Crippen LogP contribution in [0.15, 0.2) is 72.8 Å². The van der Waals surface area contributed by atoms with E-state index < -0.39 is 12.2 Å². The predicted octanol–water partition coefficient (Wildman–Crippen LogP) is 4.02. The molecule has 0 aliphatic carbocycles. The number of ether oxygens (including phenoxy) is 3. The Morgan fingerprint density at radius 3 is 2.30 bits per heavy atom. The molecule has 44 heavy (non-hydrogen) atoms. The van der Waals surface area contributed by atoms with E-state index in [9.17, 15) is 14.7 Å². The second-order valence-electron chi connectivity index (χ2n) is 11.2. The van der Waals surface area contributed by atoms with E-state index in [1.165, 1.54) is 0 Å². The third-order valence-electron chi connectivity index (χ3n) is 8.10. The summed E-state index contributed by atoms with van der Waals surface area (Å²) in [5.74, 6) is -0.657.